The van der Waals surface area contributed by atoms with Gasteiger partial charge in [-0.3, -0.25) is 23.5 Å². The van der Waals surface area contributed by atoms with Crippen LogP contribution in [0.1, 0.15) is 10.6 Å². The molecule has 0 unspecified atom stereocenters. The fourth-order valence-corrected chi connectivity index (χ4v) is 3.73. The van der Waals surface area contributed by atoms with Crippen molar-refractivity contribution in [2.24, 2.45) is 7.05 Å². The Morgan fingerprint density at radius 2 is 1.90 bits per heavy atom. The van der Waals surface area contributed by atoms with E-state index in [2.05, 4.69) is 10.3 Å². The molecule has 3 aromatic heterocycles. The number of fused-ring (bicyclic) bond motifs is 1. The third-order valence-corrected chi connectivity index (χ3v) is 5.42. The molecule has 3 aromatic rings. The van der Waals surface area contributed by atoms with Crippen molar-refractivity contribution < 1.29 is 14.0 Å². The van der Waals surface area contributed by atoms with E-state index < -0.39 is 17.2 Å². The lowest BCUT2D eigenvalue weighted by molar-refractivity contribution is -0.121. The van der Waals surface area contributed by atoms with E-state index in [1.165, 1.54) is 24.9 Å². The number of carbonyl (C=O) groups excluding carboxylic acids is 2. The average molecular weight is 426 g/mol. The van der Waals surface area contributed by atoms with E-state index in [4.69, 9.17) is 4.42 Å². The zero-order valence-corrected chi connectivity index (χ0v) is 17.2. The molecular weight excluding hydrogens is 404 g/mol. The van der Waals surface area contributed by atoms with Crippen LogP contribution in [0.2, 0.25) is 0 Å². The highest BCUT2D eigenvalue weighted by Gasteiger charge is 2.26. The number of pyridine rings is 1. The predicted molar refractivity (Wildman–Crippen MR) is 112 cm³/mol. The SMILES string of the molecule is CNC(=O)Cn1c(=O)c2c(N3CCN(C(=O)c4ccco4)CC3)ccnc2n(C)c1=O. The van der Waals surface area contributed by atoms with Crippen molar-refractivity contribution in [1.82, 2.24) is 24.3 Å². The Bertz CT molecular complexity index is 1250. The van der Waals surface area contributed by atoms with Gasteiger partial charge in [0, 0.05) is 46.5 Å². The van der Waals surface area contributed by atoms with Crippen LogP contribution in [0.15, 0.2) is 44.7 Å². The molecular formula is C20H22N6O5. The molecule has 0 radical (unpaired) electrons. The number of rotatable bonds is 4. The molecule has 4 rings (SSSR count). The highest BCUT2D eigenvalue weighted by Crippen LogP contribution is 2.23. The van der Waals surface area contributed by atoms with E-state index in [-0.39, 0.29) is 29.2 Å². The number of hydrogen-bond donors (Lipinski definition) is 1. The highest BCUT2D eigenvalue weighted by atomic mass is 16.3. The number of nitrogens with one attached hydrogen (secondary N) is 1. The Labute approximate surface area is 176 Å². The average Bonchev–Trinajstić information content (AvgIpc) is 3.34. The minimum atomic E-state index is -0.611. The van der Waals surface area contributed by atoms with Crippen molar-refractivity contribution >= 4 is 28.5 Å². The number of nitrogens with zero attached hydrogens (tertiary/aromatic N) is 5. The molecule has 11 heteroatoms. The number of amides is 2. The molecule has 2 amide bonds. The Hall–Kier alpha value is -3.89. The van der Waals surface area contributed by atoms with Gasteiger partial charge in [0.1, 0.15) is 11.9 Å². The van der Waals surface area contributed by atoms with Crippen LogP contribution >= 0.6 is 0 Å². The first-order valence-electron chi connectivity index (χ1n) is 9.79. The largest absolute Gasteiger partial charge is 0.459 e. The van der Waals surface area contributed by atoms with Gasteiger partial charge in [0.2, 0.25) is 5.91 Å². The maximum Gasteiger partial charge on any atom is 0.332 e. The number of likely N-dealkylation sites (N-methyl/N-ethyl adjacent to an activating group) is 1. The molecule has 4 heterocycles. The first-order chi connectivity index (χ1) is 14.9. The molecule has 1 N–H and O–H groups in total. The Kier molecular flexibility index (Phi) is 5.32. The van der Waals surface area contributed by atoms with E-state index in [9.17, 15) is 19.2 Å². The van der Waals surface area contributed by atoms with Gasteiger partial charge < -0.3 is 19.5 Å². The minimum absolute atomic E-state index is 0.181. The maximum atomic E-state index is 13.2. The number of aryl methyl sites for hydroxylation is 1. The van der Waals surface area contributed by atoms with Crippen LogP contribution in [0.4, 0.5) is 5.69 Å². The van der Waals surface area contributed by atoms with E-state index in [0.29, 0.717) is 31.9 Å². The van der Waals surface area contributed by atoms with Gasteiger partial charge in [-0.05, 0) is 18.2 Å². The second-order valence-electron chi connectivity index (χ2n) is 7.19. The standard InChI is InChI=1S/C20H22N6O5/c1-21-15(27)12-26-19(29)16-13(5-6-22-17(16)23(2)20(26)30)24-7-9-25(10-8-24)18(28)14-4-3-11-31-14/h3-6,11H,7-10,12H2,1-2H3,(H,21,27). The van der Waals surface area contributed by atoms with Crippen LogP contribution in [-0.4, -0.2) is 64.1 Å². The molecule has 1 fully saturated rings. The summed E-state index contributed by atoms with van der Waals surface area (Å²) >= 11 is 0. The Morgan fingerprint density at radius 3 is 2.55 bits per heavy atom. The van der Waals surface area contributed by atoms with Gasteiger partial charge in [-0.1, -0.05) is 0 Å². The van der Waals surface area contributed by atoms with Gasteiger partial charge >= 0.3 is 5.69 Å². The zero-order chi connectivity index (χ0) is 22.1. The van der Waals surface area contributed by atoms with Crippen LogP contribution in [0.5, 0.6) is 0 Å². The summed E-state index contributed by atoms with van der Waals surface area (Å²) in [6, 6.07) is 5.00. The van der Waals surface area contributed by atoms with Gasteiger partial charge in [0.15, 0.2) is 11.4 Å². The van der Waals surface area contributed by atoms with Gasteiger partial charge in [-0.2, -0.15) is 0 Å². The predicted octanol–water partition coefficient (Wildman–Crippen LogP) is -0.603. The summed E-state index contributed by atoms with van der Waals surface area (Å²) in [4.78, 5) is 58.0. The summed E-state index contributed by atoms with van der Waals surface area (Å²) < 4.78 is 7.36. The van der Waals surface area contributed by atoms with Crippen LogP contribution in [0, 0.1) is 0 Å². The third kappa shape index (κ3) is 3.58. The quantitative estimate of drug-likeness (QED) is 0.591. The molecule has 162 valence electrons. The van der Waals surface area contributed by atoms with Crippen molar-refractivity contribution in [3.8, 4) is 0 Å². The van der Waals surface area contributed by atoms with Crippen molar-refractivity contribution in [2.45, 2.75) is 6.54 Å². The molecule has 0 spiro atoms. The fourth-order valence-electron chi connectivity index (χ4n) is 3.73. The molecule has 11 nitrogen and oxygen atoms in total. The van der Waals surface area contributed by atoms with Crippen molar-refractivity contribution in [1.29, 1.82) is 0 Å². The fraction of sp³-hybridized carbons (Fsp3) is 0.350. The summed E-state index contributed by atoms with van der Waals surface area (Å²) in [5.74, 6) is -0.344. The summed E-state index contributed by atoms with van der Waals surface area (Å²) in [6.45, 7) is 1.49. The van der Waals surface area contributed by atoms with Gasteiger partial charge in [-0.15, -0.1) is 0 Å². The number of aromatic nitrogens is 3. The third-order valence-electron chi connectivity index (χ3n) is 5.42. The van der Waals surface area contributed by atoms with E-state index in [1.807, 2.05) is 4.90 Å². The summed E-state index contributed by atoms with van der Waals surface area (Å²) in [5.41, 5.74) is -0.324. The first-order valence-corrected chi connectivity index (χ1v) is 9.79. The molecule has 0 saturated carbocycles. The van der Waals surface area contributed by atoms with Crippen LogP contribution in [0.3, 0.4) is 0 Å². The lowest BCUT2D eigenvalue weighted by Crippen LogP contribution is -2.49. The van der Waals surface area contributed by atoms with E-state index >= 15 is 0 Å². The number of hydrogen-bond acceptors (Lipinski definition) is 7. The van der Waals surface area contributed by atoms with E-state index in [1.54, 1.807) is 29.3 Å². The smallest absolute Gasteiger partial charge is 0.332 e. The topological polar surface area (TPSA) is 123 Å². The second kappa shape index (κ2) is 8.09. The molecule has 1 aliphatic heterocycles. The lowest BCUT2D eigenvalue weighted by Gasteiger charge is -2.36. The summed E-state index contributed by atoms with van der Waals surface area (Å²) in [6.07, 6.45) is 3.00. The molecule has 0 bridgehead atoms. The molecule has 0 atom stereocenters. The molecule has 1 aliphatic rings. The van der Waals surface area contributed by atoms with Gasteiger partial charge in [0.25, 0.3) is 11.5 Å². The number of carbonyl (C=O) groups is 2. The number of furan rings is 1. The number of piperazine rings is 1. The minimum Gasteiger partial charge on any atom is -0.459 e. The first kappa shape index (κ1) is 20.4. The highest BCUT2D eigenvalue weighted by molar-refractivity contribution is 5.92. The molecule has 1 saturated heterocycles. The summed E-state index contributed by atoms with van der Waals surface area (Å²) in [5, 5.41) is 2.69. The zero-order valence-electron chi connectivity index (χ0n) is 17.2. The van der Waals surface area contributed by atoms with Crippen molar-refractivity contribution in [3.05, 3.63) is 57.3 Å². The molecule has 31 heavy (non-hydrogen) atoms. The summed E-state index contributed by atoms with van der Waals surface area (Å²) in [7, 11) is 2.95. The van der Waals surface area contributed by atoms with Crippen LogP contribution in [-0.2, 0) is 18.4 Å². The Morgan fingerprint density at radius 1 is 1.16 bits per heavy atom. The molecule has 0 aliphatic carbocycles. The van der Waals surface area contributed by atoms with Gasteiger partial charge in [0.05, 0.1) is 12.0 Å². The lowest BCUT2D eigenvalue weighted by atomic mass is 10.2. The normalized spacial score (nSPS) is 14.1. The Balaban J connectivity index is 1.69. The maximum absolute atomic E-state index is 13.2. The monoisotopic (exact) mass is 426 g/mol. The van der Waals surface area contributed by atoms with Crippen LogP contribution in [0.25, 0.3) is 11.0 Å². The number of anilines is 1. The second-order valence-corrected chi connectivity index (χ2v) is 7.19. The van der Waals surface area contributed by atoms with Gasteiger partial charge in [-0.25, -0.2) is 9.78 Å². The van der Waals surface area contributed by atoms with Crippen LogP contribution < -0.4 is 21.5 Å². The van der Waals surface area contributed by atoms with Crippen molar-refractivity contribution in [2.75, 3.05) is 38.1 Å². The van der Waals surface area contributed by atoms with E-state index in [0.717, 1.165) is 4.57 Å². The van der Waals surface area contributed by atoms with Crippen molar-refractivity contribution in [3.63, 3.8) is 0 Å². The molecule has 0 aromatic carbocycles.